The van der Waals surface area contributed by atoms with Crippen molar-refractivity contribution in [2.45, 2.75) is 52.5 Å². The van der Waals surface area contributed by atoms with E-state index >= 15 is 0 Å². The molecule has 6 nitrogen and oxygen atoms in total. The zero-order valence-electron chi connectivity index (χ0n) is 21.9. The van der Waals surface area contributed by atoms with Crippen LogP contribution in [0, 0.1) is 13.8 Å². The quantitative estimate of drug-likeness (QED) is 0.237. The van der Waals surface area contributed by atoms with Crippen LogP contribution in [0.25, 0.3) is 11.0 Å². The van der Waals surface area contributed by atoms with E-state index in [9.17, 15) is 4.79 Å². The van der Waals surface area contributed by atoms with E-state index < -0.39 is 0 Å². The van der Waals surface area contributed by atoms with E-state index in [1.54, 1.807) is 0 Å². The minimum Gasteiger partial charge on any atom is -0.493 e. The van der Waals surface area contributed by atoms with Gasteiger partial charge in [0, 0.05) is 25.4 Å². The number of aromatic nitrogens is 2. The number of carbonyl (C=O) groups is 1. The summed E-state index contributed by atoms with van der Waals surface area (Å²) in [5.41, 5.74) is 5.38. The first-order valence-corrected chi connectivity index (χ1v) is 13.2. The summed E-state index contributed by atoms with van der Waals surface area (Å²) in [6.07, 6.45) is 2.35. The van der Waals surface area contributed by atoms with Crippen LogP contribution in [0.4, 0.5) is 5.69 Å². The van der Waals surface area contributed by atoms with Crippen LogP contribution in [-0.4, -0.2) is 35.2 Å². The molecule has 1 amide bonds. The molecule has 2 heterocycles. The lowest BCUT2D eigenvalue weighted by Crippen LogP contribution is -2.25. The number of rotatable bonds is 10. The van der Waals surface area contributed by atoms with Crippen LogP contribution in [-0.2, 0) is 11.3 Å². The lowest BCUT2D eigenvalue weighted by molar-refractivity contribution is -0.117. The van der Waals surface area contributed by atoms with Crippen molar-refractivity contribution in [3.05, 3.63) is 83.7 Å². The number of ether oxygens (including phenoxy) is 2. The highest BCUT2D eigenvalue weighted by atomic mass is 16.5. The highest BCUT2D eigenvalue weighted by Gasteiger charge is 2.35. The molecule has 1 aliphatic heterocycles. The van der Waals surface area contributed by atoms with Crippen LogP contribution in [0.15, 0.2) is 66.7 Å². The highest BCUT2D eigenvalue weighted by molar-refractivity contribution is 5.97. The van der Waals surface area contributed by atoms with Crippen molar-refractivity contribution in [2.24, 2.45) is 0 Å². The highest BCUT2D eigenvalue weighted by Crippen LogP contribution is 2.37. The van der Waals surface area contributed by atoms with Gasteiger partial charge >= 0.3 is 0 Å². The van der Waals surface area contributed by atoms with Gasteiger partial charge in [0.2, 0.25) is 5.91 Å². The van der Waals surface area contributed by atoms with E-state index in [0.717, 1.165) is 53.4 Å². The molecule has 0 bridgehead atoms. The Morgan fingerprint density at radius 2 is 1.70 bits per heavy atom. The number of unbranched alkanes of at least 4 members (excludes halogenated alkanes) is 1. The average Bonchev–Trinajstić information content (AvgIpc) is 3.47. The number of nitrogens with zero attached hydrogens (tertiary/aromatic N) is 3. The van der Waals surface area contributed by atoms with Crippen molar-refractivity contribution in [3.63, 3.8) is 0 Å². The third kappa shape index (κ3) is 5.19. The summed E-state index contributed by atoms with van der Waals surface area (Å²) < 4.78 is 14.2. The number of benzene rings is 3. The molecule has 192 valence electrons. The first-order valence-electron chi connectivity index (χ1n) is 13.2. The molecule has 1 unspecified atom stereocenters. The van der Waals surface area contributed by atoms with Gasteiger partial charge in [-0.05, 0) is 75.1 Å². The third-order valence-corrected chi connectivity index (χ3v) is 7.22. The maximum atomic E-state index is 13.1. The molecule has 5 rings (SSSR count). The van der Waals surface area contributed by atoms with E-state index in [-0.39, 0.29) is 11.8 Å². The Morgan fingerprint density at radius 3 is 2.57 bits per heavy atom. The van der Waals surface area contributed by atoms with Crippen molar-refractivity contribution in [1.29, 1.82) is 0 Å². The van der Waals surface area contributed by atoms with E-state index in [0.29, 0.717) is 26.2 Å². The predicted octanol–water partition coefficient (Wildman–Crippen LogP) is 6.43. The molecule has 0 saturated carbocycles. The molecule has 1 saturated heterocycles. The zero-order chi connectivity index (χ0) is 25.8. The van der Waals surface area contributed by atoms with Gasteiger partial charge in [-0.3, -0.25) is 4.79 Å². The smallest absolute Gasteiger partial charge is 0.227 e. The van der Waals surface area contributed by atoms with Crippen LogP contribution in [0.1, 0.15) is 49.1 Å². The maximum Gasteiger partial charge on any atom is 0.227 e. The summed E-state index contributed by atoms with van der Waals surface area (Å²) in [5, 5.41) is 0. The van der Waals surface area contributed by atoms with Gasteiger partial charge in [-0.2, -0.15) is 0 Å². The fourth-order valence-electron chi connectivity index (χ4n) is 5.15. The van der Waals surface area contributed by atoms with Gasteiger partial charge in [0.15, 0.2) is 0 Å². The second kappa shape index (κ2) is 11.1. The standard InChI is InChI=1S/C31H35N3O3/c1-4-36-29-16-8-7-15-27(29)34-21-24(20-30(34)35)31-32-25-13-5-6-14-26(25)33(31)18-9-10-19-37-28-17-11-12-22(2)23(28)3/h5-8,11-17,24H,4,9-10,18-21H2,1-3H3. The number of amides is 1. The second-order valence-electron chi connectivity index (χ2n) is 9.67. The molecule has 0 radical (unpaired) electrons. The topological polar surface area (TPSA) is 56.6 Å². The monoisotopic (exact) mass is 497 g/mol. The predicted molar refractivity (Wildman–Crippen MR) is 148 cm³/mol. The molecule has 0 N–H and O–H groups in total. The lowest BCUT2D eigenvalue weighted by Gasteiger charge is -2.20. The summed E-state index contributed by atoms with van der Waals surface area (Å²) in [6, 6.07) is 22.2. The number of carbonyl (C=O) groups excluding carboxylic acids is 1. The number of hydrogen-bond donors (Lipinski definition) is 0. The number of imidazole rings is 1. The van der Waals surface area contributed by atoms with Gasteiger partial charge in [0.25, 0.3) is 0 Å². The Morgan fingerprint density at radius 1 is 0.919 bits per heavy atom. The SMILES string of the molecule is CCOc1ccccc1N1CC(c2nc3ccccc3n2CCCCOc2cccc(C)c2C)CC1=O. The summed E-state index contributed by atoms with van der Waals surface area (Å²) in [7, 11) is 0. The normalized spacial score (nSPS) is 15.5. The minimum atomic E-state index is 0.0285. The number of aryl methyl sites for hydroxylation is 2. The number of para-hydroxylation sites is 4. The molecule has 3 aromatic carbocycles. The fourth-order valence-corrected chi connectivity index (χ4v) is 5.15. The first-order chi connectivity index (χ1) is 18.1. The van der Waals surface area contributed by atoms with Crippen molar-refractivity contribution in [3.8, 4) is 11.5 Å². The van der Waals surface area contributed by atoms with E-state index in [1.807, 2.05) is 54.3 Å². The Kier molecular flexibility index (Phi) is 7.45. The van der Waals surface area contributed by atoms with Crippen LogP contribution in [0.5, 0.6) is 11.5 Å². The Bertz CT molecular complexity index is 1390. The second-order valence-corrected chi connectivity index (χ2v) is 9.67. The van der Waals surface area contributed by atoms with Crippen molar-refractivity contribution < 1.29 is 14.3 Å². The Labute approximate surface area is 218 Å². The van der Waals surface area contributed by atoms with Gasteiger partial charge in [-0.15, -0.1) is 0 Å². The molecule has 6 heteroatoms. The van der Waals surface area contributed by atoms with E-state index in [2.05, 4.69) is 42.7 Å². The molecule has 0 spiro atoms. The van der Waals surface area contributed by atoms with Gasteiger partial charge < -0.3 is 18.9 Å². The summed E-state index contributed by atoms with van der Waals surface area (Å²) in [6.45, 7) is 8.85. The molecule has 1 atom stereocenters. The largest absolute Gasteiger partial charge is 0.493 e. The van der Waals surface area contributed by atoms with Gasteiger partial charge in [0.05, 0.1) is 29.9 Å². The molecular weight excluding hydrogens is 462 g/mol. The molecule has 4 aromatic rings. The number of hydrogen-bond acceptors (Lipinski definition) is 4. The van der Waals surface area contributed by atoms with Gasteiger partial charge in [-0.1, -0.05) is 36.4 Å². The molecule has 37 heavy (non-hydrogen) atoms. The molecule has 1 aromatic heterocycles. The summed E-state index contributed by atoms with van der Waals surface area (Å²) >= 11 is 0. The third-order valence-electron chi connectivity index (χ3n) is 7.22. The Balaban J connectivity index is 1.31. The molecule has 0 aliphatic carbocycles. The van der Waals surface area contributed by atoms with Gasteiger partial charge in [0.1, 0.15) is 17.3 Å². The van der Waals surface area contributed by atoms with Crippen molar-refractivity contribution in [2.75, 3.05) is 24.7 Å². The zero-order valence-corrected chi connectivity index (χ0v) is 21.9. The average molecular weight is 498 g/mol. The van der Waals surface area contributed by atoms with Crippen LogP contribution >= 0.6 is 0 Å². The number of fused-ring (bicyclic) bond motifs is 1. The molecule has 1 fully saturated rings. The minimum absolute atomic E-state index is 0.0285. The molecular formula is C31H35N3O3. The van der Waals surface area contributed by atoms with Crippen LogP contribution in [0.2, 0.25) is 0 Å². The number of anilines is 1. The van der Waals surface area contributed by atoms with Gasteiger partial charge in [-0.25, -0.2) is 4.98 Å². The first kappa shape index (κ1) is 24.9. The van der Waals surface area contributed by atoms with E-state index in [4.69, 9.17) is 14.5 Å². The van der Waals surface area contributed by atoms with E-state index in [1.165, 1.54) is 11.1 Å². The van der Waals surface area contributed by atoms with Crippen molar-refractivity contribution >= 4 is 22.6 Å². The Hall–Kier alpha value is -3.80. The summed E-state index contributed by atoms with van der Waals surface area (Å²) in [4.78, 5) is 20.0. The van der Waals surface area contributed by atoms with Crippen LogP contribution < -0.4 is 14.4 Å². The lowest BCUT2D eigenvalue weighted by atomic mass is 10.1. The fraction of sp³-hybridized carbons (Fsp3) is 0.355. The van der Waals surface area contributed by atoms with Crippen LogP contribution in [0.3, 0.4) is 0 Å². The summed E-state index contributed by atoms with van der Waals surface area (Å²) in [5.74, 6) is 2.84. The maximum absolute atomic E-state index is 13.1. The van der Waals surface area contributed by atoms with Crippen molar-refractivity contribution in [1.82, 2.24) is 9.55 Å². The molecule has 1 aliphatic rings.